The molecule has 0 spiro atoms. The lowest BCUT2D eigenvalue weighted by molar-refractivity contribution is 0.545. The smallest absolute Gasteiger partial charge is 0.0797 e. The molecule has 2 nitrogen and oxygen atoms in total. The van der Waals surface area contributed by atoms with Crippen molar-refractivity contribution >= 4 is 23.1 Å². The Balaban J connectivity index is 2.23. The monoisotopic (exact) mass is 244 g/mol. The van der Waals surface area contributed by atoms with Crippen LogP contribution in [0.5, 0.6) is 0 Å². The van der Waals surface area contributed by atoms with Crippen LogP contribution in [-0.4, -0.2) is 29.6 Å². The molecule has 0 bridgehead atoms. The molecule has 0 aliphatic heterocycles. The normalized spacial score (nSPS) is 13.0. The van der Waals surface area contributed by atoms with Crippen molar-refractivity contribution in [3.63, 3.8) is 0 Å². The summed E-state index contributed by atoms with van der Waals surface area (Å²) in [6, 6.07) is 0.660. The zero-order valence-electron chi connectivity index (χ0n) is 9.75. The van der Waals surface area contributed by atoms with Crippen molar-refractivity contribution in [1.29, 1.82) is 0 Å². The van der Waals surface area contributed by atoms with E-state index < -0.39 is 0 Å². The Morgan fingerprint density at radius 2 is 2.40 bits per heavy atom. The van der Waals surface area contributed by atoms with Gasteiger partial charge in [0.1, 0.15) is 0 Å². The lowest BCUT2D eigenvalue weighted by Gasteiger charge is -2.15. The van der Waals surface area contributed by atoms with Crippen molar-refractivity contribution in [3.05, 3.63) is 16.1 Å². The van der Waals surface area contributed by atoms with Gasteiger partial charge < -0.3 is 5.32 Å². The molecule has 0 aliphatic rings. The summed E-state index contributed by atoms with van der Waals surface area (Å²) in [6.07, 6.45) is 4.49. The summed E-state index contributed by atoms with van der Waals surface area (Å²) < 4.78 is 0. The molecule has 1 rings (SSSR count). The summed E-state index contributed by atoms with van der Waals surface area (Å²) in [5, 5.41) is 3.59. The summed E-state index contributed by atoms with van der Waals surface area (Å²) in [5.41, 5.74) is 3.13. The molecule has 1 atom stereocenters. The van der Waals surface area contributed by atoms with Crippen molar-refractivity contribution in [2.24, 2.45) is 0 Å². The fourth-order valence-corrected chi connectivity index (χ4v) is 3.02. The SMILES string of the molecule is CCC(CSC)NCCc1scnc1C. The Morgan fingerprint density at radius 1 is 1.60 bits per heavy atom. The zero-order chi connectivity index (χ0) is 11.1. The summed E-state index contributed by atoms with van der Waals surface area (Å²) in [6.45, 7) is 5.40. The molecule has 1 N–H and O–H groups in total. The van der Waals surface area contributed by atoms with E-state index in [4.69, 9.17) is 0 Å². The van der Waals surface area contributed by atoms with Gasteiger partial charge in [0.25, 0.3) is 0 Å². The Hall–Kier alpha value is -0.0600. The van der Waals surface area contributed by atoms with Crippen LogP contribution in [-0.2, 0) is 6.42 Å². The van der Waals surface area contributed by atoms with Gasteiger partial charge in [-0.25, -0.2) is 4.98 Å². The minimum atomic E-state index is 0.660. The number of aryl methyl sites for hydroxylation is 1. The topological polar surface area (TPSA) is 24.9 Å². The number of thioether (sulfide) groups is 1. The maximum absolute atomic E-state index is 4.26. The van der Waals surface area contributed by atoms with E-state index >= 15 is 0 Å². The van der Waals surface area contributed by atoms with Crippen LogP contribution in [0.3, 0.4) is 0 Å². The van der Waals surface area contributed by atoms with Crippen molar-refractivity contribution in [2.45, 2.75) is 32.7 Å². The van der Waals surface area contributed by atoms with E-state index in [-0.39, 0.29) is 0 Å². The third-order valence-electron chi connectivity index (χ3n) is 2.49. The molecular weight excluding hydrogens is 224 g/mol. The Bertz CT molecular complexity index is 273. The number of hydrogen-bond donors (Lipinski definition) is 1. The number of nitrogens with one attached hydrogen (secondary N) is 1. The summed E-state index contributed by atoms with van der Waals surface area (Å²) in [4.78, 5) is 5.68. The van der Waals surface area contributed by atoms with Crippen LogP contribution in [0, 0.1) is 6.92 Å². The third-order valence-corrected chi connectivity index (χ3v) is 4.22. The van der Waals surface area contributed by atoms with Gasteiger partial charge >= 0.3 is 0 Å². The molecule has 0 saturated carbocycles. The second kappa shape index (κ2) is 7.25. The molecule has 1 aromatic rings. The first kappa shape index (κ1) is 13.0. The maximum atomic E-state index is 4.26. The van der Waals surface area contributed by atoms with Crippen LogP contribution < -0.4 is 5.32 Å². The van der Waals surface area contributed by atoms with Gasteiger partial charge in [-0.05, 0) is 26.0 Å². The predicted molar refractivity (Wildman–Crippen MR) is 71.0 cm³/mol. The lowest BCUT2D eigenvalue weighted by Crippen LogP contribution is -2.32. The quantitative estimate of drug-likeness (QED) is 0.798. The molecule has 1 heterocycles. The van der Waals surface area contributed by atoms with Gasteiger partial charge in [0.05, 0.1) is 11.2 Å². The van der Waals surface area contributed by atoms with Crippen molar-refractivity contribution < 1.29 is 0 Å². The van der Waals surface area contributed by atoms with Crippen LogP contribution in [0.2, 0.25) is 0 Å². The molecule has 0 aliphatic carbocycles. The van der Waals surface area contributed by atoms with Gasteiger partial charge in [0.15, 0.2) is 0 Å². The Morgan fingerprint density at radius 3 is 2.93 bits per heavy atom. The van der Waals surface area contributed by atoms with Crippen molar-refractivity contribution in [1.82, 2.24) is 10.3 Å². The average Bonchev–Trinajstić information content (AvgIpc) is 2.63. The van der Waals surface area contributed by atoms with Gasteiger partial charge in [0.2, 0.25) is 0 Å². The third kappa shape index (κ3) is 4.53. The van der Waals surface area contributed by atoms with E-state index in [9.17, 15) is 0 Å². The number of rotatable bonds is 7. The van der Waals surface area contributed by atoms with E-state index in [0.29, 0.717) is 6.04 Å². The highest BCUT2D eigenvalue weighted by Gasteiger charge is 2.05. The lowest BCUT2D eigenvalue weighted by atomic mass is 10.2. The molecule has 4 heteroatoms. The van der Waals surface area contributed by atoms with Crippen LogP contribution in [0.1, 0.15) is 23.9 Å². The molecule has 0 fully saturated rings. The van der Waals surface area contributed by atoms with Gasteiger partial charge in [-0.15, -0.1) is 11.3 Å². The second-order valence-corrected chi connectivity index (χ2v) is 5.48. The Kier molecular flexibility index (Phi) is 6.29. The molecule has 0 amide bonds. The standard InChI is InChI=1S/C11H20N2S2/c1-4-10(7-14-3)12-6-5-11-9(2)13-8-15-11/h8,10,12H,4-7H2,1-3H3. The molecule has 1 unspecified atom stereocenters. The number of aromatic nitrogens is 1. The molecule has 86 valence electrons. The largest absolute Gasteiger partial charge is 0.313 e. The molecule has 0 aromatic carbocycles. The van der Waals surface area contributed by atoms with Crippen LogP contribution >= 0.6 is 23.1 Å². The molecule has 0 radical (unpaired) electrons. The van der Waals surface area contributed by atoms with E-state index in [0.717, 1.165) is 13.0 Å². The highest BCUT2D eigenvalue weighted by molar-refractivity contribution is 7.98. The number of nitrogens with zero attached hydrogens (tertiary/aromatic N) is 1. The second-order valence-electron chi connectivity index (χ2n) is 3.63. The maximum Gasteiger partial charge on any atom is 0.0797 e. The summed E-state index contributed by atoms with van der Waals surface area (Å²) in [7, 11) is 0. The first-order valence-corrected chi connectivity index (χ1v) is 7.66. The summed E-state index contributed by atoms with van der Waals surface area (Å²) >= 11 is 3.68. The highest BCUT2D eigenvalue weighted by atomic mass is 32.2. The minimum absolute atomic E-state index is 0.660. The first-order valence-electron chi connectivity index (χ1n) is 5.39. The van der Waals surface area contributed by atoms with Crippen molar-refractivity contribution in [3.8, 4) is 0 Å². The fraction of sp³-hybridized carbons (Fsp3) is 0.727. The molecule has 15 heavy (non-hydrogen) atoms. The molecule has 1 aromatic heterocycles. The van der Waals surface area contributed by atoms with Gasteiger partial charge in [-0.1, -0.05) is 6.92 Å². The van der Waals surface area contributed by atoms with Crippen LogP contribution in [0.15, 0.2) is 5.51 Å². The average molecular weight is 244 g/mol. The minimum Gasteiger partial charge on any atom is -0.313 e. The van der Waals surface area contributed by atoms with E-state index in [1.54, 1.807) is 11.3 Å². The van der Waals surface area contributed by atoms with E-state index in [1.807, 2.05) is 17.3 Å². The fourth-order valence-electron chi connectivity index (χ4n) is 1.48. The first-order chi connectivity index (χ1) is 7.27. The van der Waals surface area contributed by atoms with Crippen molar-refractivity contribution in [2.75, 3.05) is 18.6 Å². The van der Waals surface area contributed by atoms with Gasteiger partial charge in [-0.2, -0.15) is 11.8 Å². The predicted octanol–water partition coefficient (Wildman–Crippen LogP) is 2.73. The van der Waals surface area contributed by atoms with Gasteiger partial charge in [-0.3, -0.25) is 0 Å². The van der Waals surface area contributed by atoms with Gasteiger partial charge in [0, 0.05) is 23.2 Å². The highest BCUT2D eigenvalue weighted by Crippen LogP contribution is 2.12. The van der Waals surface area contributed by atoms with Crippen LogP contribution in [0.4, 0.5) is 0 Å². The summed E-state index contributed by atoms with van der Waals surface area (Å²) in [5.74, 6) is 1.21. The Labute approximate surface area is 101 Å². The van der Waals surface area contributed by atoms with E-state index in [2.05, 4.69) is 30.4 Å². The number of hydrogen-bond acceptors (Lipinski definition) is 4. The van der Waals surface area contributed by atoms with Crippen LogP contribution in [0.25, 0.3) is 0 Å². The zero-order valence-corrected chi connectivity index (χ0v) is 11.4. The molecular formula is C11H20N2S2. The molecule has 0 saturated heterocycles. The van der Waals surface area contributed by atoms with E-state index in [1.165, 1.54) is 22.7 Å². The number of thiazole rings is 1.